The van der Waals surface area contributed by atoms with E-state index in [9.17, 15) is 19.0 Å². The molecule has 0 aromatic heterocycles. The zero-order chi connectivity index (χ0) is 40.3. The Hall–Kier alpha value is -1.25. The van der Waals surface area contributed by atoms with Gasteiger partial charge in [-0.15, -0.1) is 0 Å². The van der Waals surface area contributed by atoms with Crippen molar-refractivity contribution >= 4 is 19.8 Å². The SMILES string of the molecule is CCCCCCCCCC/C=C\CCCCCCCCCC(=O)O[C@H](COC(=O)CCCCCCCCCCCCCCCCC)COP(=O)(O)OCCN. The Bertz CT molecular complexity index is 917. The van der Waals surface area contributed by atoms with E-state index in [2.05, 4.69) is 26.0 Å². The van der Waals surface area contributed by atoms with E-state index >= 15 is 0 Å². The number of ether oxygens (including phenoxy) is 2. The molecule has 0 bridgehead atoms. The highest BCUT2D eigenvalue weighted by Crippen LogP contribution is 2.43. The van der Waals surface area contributed by atoms with Gasteiger partial charge in [0, 0.05) is 19.4 Å². The monoisotopic (exact) mass is 802 g/mol. The van der Waals surface area contributed by atoms with Crippen LogP contribution >= 0.6 is 7.82 Å². The van der Waals surface area contributed by atoms with E-state index in [0.717, 1.165) is 44.9 Å². The zero-order valence-corrected chi connectivity index (χ0v) is 36.8. The lowest BCUT2D eigenvalue weighted by Gasteiger charge is -2.19. The van der Waals surface area contributed by atoms with Crippen LogP contribution in [0.2, 0.25) is 0 Å². The molecule has 9 nitrogen and oxygen atoms in total. The van der Waals surface area contributed by atoms with Crippen LogP contribution in [0.25, 0.3) is 0 Å². The number of phosphoric acid groups is 1. The van der Waals surface area contributed by atoms with Gasteiger partial charge in [-0.2, -0.15) is 0 Å². The topological polar surface area (TPSA) is 134 Å². The number of unbranched alkanes of at least 4 members (excludes halogenated alkanes) is 29. The molecule has 0 aromatic carbocycles. The van der Waals surface area contributed by atoms with E-state index in [4.69, 9.17) is 24.3 Å². The highest BCUT2D eigenvalue weighted by molar-refractivity contribution is 7.47. The summed E-state index contributed by atoms with van der Waals surface area (Å²) < 4.78 is 32.8. The van der Waals surface area contributed by atoms with Gasteiger partial charge in [-0.3, -0.25) is 18.6 Å². The first-order valence-electron chi connectivity index (χ1n) is 23.2. The average molecular weight is 802 g/mol. The maximum atomic E-state index is 12.6. The van der Waals surface area contributed by atoms with Gasteiger partial charge in [0.2, 0.25) is 0 Å². The number of hydrogen-bond donors (Lipinski definition) is 2. The Morgan fingerprint density at radius 2 is 0.891 bits per heavy atom. The summed E-state index contributed by atoms with van der Waals surface area (Å²) in [7, 11) is -4.37. The summed E-state index contributed by atoms with van der Waals surface area (Å²) in [4.78, 5) is 34.9. The van der Waals surface area contributed by atoms with E-state index in [1.54, 1.807) is 0 Å². The van der Waals surface area contributed by atoms with Crippen molar-refractivity contribution in [1.29, 1.82) is 0 Å². The number of hydrogen-bond acceptors (Lipinski definition) is 8. The normalized spacial score (nSPS) is 13.3. The summed E-state index contributed by atoms with van der Waals surface area (Å²) in [5, 5.41) is 0. The van der Waals surface area contributed by atoms with Crippen LogP contribution in [0, 0.1) is 0 Å². The summed E-state index contributed by atoms with van der Waals surface area (Å²) >= 11 is 0. The minimum Gasteiger partial charge on any atom is -0.462 e. The summed E-state index contributed by atoms with van der Waals surface area (Å²) in [6, 6.07) is 0. The molecule has 0 amide bonds. The molecule has 10 heteroatoms. The zero-order valence-electron chi connectivity index (χ0n) is 35.9. The van der Waals surface area contributed by atoms with Gasteiger partial charge in [-0.05, 0) is 38.5 Å². The number of allylic oxidation sites excluding steroid dienone is 2. The molecule has 326 valence electrons. The van der Waals surface area contributed by atoms with Gasteiger partial charge in [0.15, 0.2) is 6.10 Å². The van der Waals surface area contributed by atoms with E-state index in [1.165, 1.54) is 154 Å². The smallest absolute Gasteiger partial charge is 0.462 e. The van der Waals surface area contributed by atoms with Crippen LogP contribution in [0.4, 0.5) is 0 Å². The minimum atomic E-state index is -4.37. The second-order valence-electron chi connectivity index (χ2n) is 15.6. The number of phosphoric ester groups is 1. The van der Waals surface area contributed by atoms with Crippen molar-refractivity contribution in [2.75, 3.05) is 26.4 Å². The van der Waals surface area contributed by atoms with E-state index < -0.39 is 26.5 Å². The third-order valence-electron chi connectivity index (χ3n) is 10.2. The number of esters is 2. The van der Waals surface area contributed by atoms with Gasteiger partial charge in [0.1, 0.15) is 6.61 Å². The molecule has 3 N–H and O–H groups in total. The molecule has 2 atom stereocenters. The fourth-order valence-corrected chi connectivity index (χ4v) is 7.45. The van der Waals surface area contributed by atoms with Crippen LogP contribution in [0.1, 0.15) is 232 Å². The molecule has 1 unspecified atom stereocenters. The van der Waals surface area contributed by atoms with Gasteiger partial charge in [0.05, 0.1) is 13.2 Å². The first-order valence-corrected chi connectivity index (χ1v) is 24.7. The van der Waals surface area contributed by atoms with Crippen LogP contribution in [-0.4, -0.2) is 49.3 Å². The maximum Gasteiger partial charge on any atom is 0.472 e. The highest BCUT2D eigenvalue weighted by Gasteiger charge is 2.26. The van der Waals surface area contributed by atoms with Crippen LogP contribution in [0.15, 0.2) is 12.2 Å². The molecule has 0 saturated carbocycles. The third kappa shape index (κ3) is 42.2. The van der Waals surface area contributed by atoms with Gasteiger partial charge < -0.3 is 20.1 Å². The van der Waals surface area contributed by atoms with Crippen molar-refractivity contribution in [3.05, 3.63) is 12.2 Å². The predicted octanol–water partition coefficient (Wildman–Crippen LogP) is 13.4. The standard InChI is InChI=1S/C45H88NO8P/c1-3-5-7-9-11-13-15-17-19-20-21-22-24-26-28-30-32-34-36-38-45(48)54-43(42-53-55(49,50)52-40-39-46)41-51-44(47)37-35-33-31-29-27-25-23-18-16-14-12-10-8-6-4-2/h20-21,43H,3-19,22-42,46H2,1-2H3,(H,49,50)/b21-20-/t43-/m1/s1. The van der Waals surface area contributed by atoms with E-state index in [1.807, 2.05) is 0 Å². The van der Waals surface area contributed by atoms with Gasteiger partial charge >= 0.3 is 19.8 Å². The van der Waals surface area contributed by atoms with Crippen molar-refractivity contribution in [2.45, 2.75) is 238 Å². The summed E-state index contributed by atoms with van der Waals surface area (Å²) in [5.74, 6) is -0.821. The molecule has 0 saturated heterocycles. The quantitative estimate of drug-likeness (QED) is 0.0267. The molecule has 55 heavy (non-hydrogen) atoms. The number of carbonyl (C=O) groups is 2. The Balaban J connectivity index is 4.08. The number of rotatable bonds is 44. The van der Waals surface area contributed by atoms with E-state index in [-0.39, 0.29) is 38.6 Å². The lowest BCUT2D eigenvalue weighted by Crippen LogP contribution is -2.29. The van der Waals surface area contributed by atoms with Crippen molar-refractivity contribution < 1.29 is 37.6 Å². The summed E-state index contributed by atoms with van der Waals surface area (Å²) in [6.07, 6.45) is 43.8. The van der Waals surface area contributed by atoms with Gasteiger partial charge in [-0.1, -0.05) is 193 Å². The first-order chi connectivity index (χ1) is 26.8. The van der Waals surface area contributed by atoms with E-state index in [0.29, 0.717) is 6.42 Å². The lowest BCUT2D eigenvalue weighted by atomic mass is 10.0. The maximum absolute atomic E-state index is 12.6. The molecule has 0 aliphatic carbocycles. The van der Waals surface area contributed by atoms with Gasteiger partial charge in [-0.25, -0.2) is 4.57 Å². The van der Waals surface area contributed by atoms with Crippen LogP contribution in [0.5, 0.6) is 0 Å². The van der Waals surface area contributed by atoms with Crippen molar-refractivity contribution in [3.63, 3.8) is 0 Å². The minimum absolute atomic E-state index is 0.0556. The van der Waals surface area contributed by atoms with Crippen LogP contribution in [-0.2, 0) is 32.7 Å². The predicted molar refractivity (Wildman–Crippen MR) is 229 cm³/mol. The summed E-state index contributed by atoms with van der Waals surface area (Å²) in [5.41, 5.74) is 5.35. The second-order valence-corrected chi connectivity index (χ2v) is 17.1. The fraction of sp³-hybridized carbons (Fsp3) is 0.911. The molecule has 0 rings (SSSR count). The second kappa shape index (κ2) is 42.4. The Morgan fingerprint density at radius 1 is 0.527 bits per heavy atom. The number of nitrogens with two attached hydrogens (primary N) is 1. The Labute approximate surface area is 339 Å². The molecule has 0 aromatic rings. The van der Waals surface area contributed by atoms with Gasteiger partial charge in [0.25, 0.3) is 0 Å². The Kier molecular flexibility index (Phi) is 41.4. The lowest BCUT2D eigenvalue weighted by molar-refractivity contribution is -0.161. The highest BCUT2D eigenvalue weighted by atomic mass is 31.2. The molecule has 0 heterocycles. The molecule has 0 radical (unpaired) electrons. The molecule has 0 spiro atoms. The average Bonchev–Trinajstić information content (AvgIpc) is 3.17. The van der Waals surface area contributed by atoms with Crippen LogP contribution < -0.4 is 5.73 Å². The fourth-order valence-electron chi connectivity index (χ4n) is 6.69. The third-order valence-corrected chi connectivity index (χ3v) is 11.1. The first kappa shape index (κ1) is 53.8. The Morgan fingerprint density at radius 3 is 1.29 bits per heavy atom. The molecular formula is C45H88NO8P. The largest absolute Gasteiger partial charge is 0.472 e. The van der Waals surface area contributed by atoms with Crippen LogP contribution in [0.3, 0.4) is 0 Å². The van der Waals surface area contributed by atoms with Crippen molar-refractivity contribution in [3.8, 4) is 0 Å². The van der Waals surface area contributed by atoms with Crippen molar-refractivity contribution in [2.24, 2.45) is 5.73 Å². The molecule has 0 fully saturated rings. The number of carbonyl (C=O) groups excluding carboxylic acids is 2. The summed E-state index contributed by atoms with van der Waals surface area (Å²) in [6.45, 7) is 3.76. The molecule has 0 aliphatic rings. The molecular weight excluding hydrogens is 713 g/mol. The molecule has 0 aliphatic heterocycles. The van der Waals surface area contributed by atoms with Crippen molar-refractivity contribution in [1.82, 2.24) is 0 Å².